The average molecular weight is 368 g/mol. The van der Waals surface area contributed by atoms with Gasteiger partial charge in [0.15, 0.2) is 18.1 Å². The van der Waals surface area contributed by atoms with E-state index in [1.54, 1.807) is 24.3 Å². The van der Waals surface area contributed by atoms with E-state index in [-0.39, 0.29) is 18.6 Å². The van der Waals surface area contributed by atoms with E-state index < -0.39 is 0 Å². The van der Waals surface area contributed by atoms with Gasteiger partial charge >= 0.3 is 0 Å². The minimum absolute atomic E-state index is 0.168. The molecule has 0 saturated carbocycles. The molecule has 0 spiro atoms. The number of hydrogen-bond acceptors (Lipinski definition) is 5. The highest BCUT2D eigenvalue weighted by Gasteiger charge is 2.14. The fourth-order valence-electron chi connectivity index (χ4n) is 2.53. The van der Waals surface area contributed by atoms with Gasteiger partial charge in [0, 0.05) is 0 Å². The Bertz CT molecular complexity index is 814. The smallest absolute Gasteiger partial charge is 0.258 e. The van der Waals surface area contributed by atoms with Crippen molar-refractivity contribution in [1.82, 2.24) is 5.32 Å². The van der Waals surface area contributed by atoms with Gasteiger partial charge in [0.1, 0.15) is 11.8 Å². The van der Waals surface area contributed by atoms with Crippen LogP contribution in [-0.4, -0.2) is 25.7 Å². The van der Waals surface area contributed by atoms with E-state index in [0.717, 1.165) is 5.56 Å². The van der Waals surface area contributed by atoms with Gasteiger partial charge in [0.05, 0.1) is 24.8 Å². The standard InChI is InChI=1S/C21H24N2O4/c1-4-25-19-11-10-16(12-20(19)26-5-2)15(3)23-21(24)14-27-18-9-7-6-8-17(18)13-22/h6-12,15H,4-5,14H2,1-3H3,(H,23,24). The molecule has 6 heteroatoms. The number of rotatable bonds is 9. The minimum Gasteiger partial charge on any atom is -0.490 e. The molecule has 1 amide bonds. The predicted octanol–water partition coefficient (Wildman–Crippen LogP) is 3.61. The number of amides is 1. The first-order valence-corrected chi connectivity index (χ1v) is 8.89. The van der Waals surface area contributed by atoms with Gasteiger partial charge < -0.3 is 19.5 Å². The average Bonchev–Trinajstić information content (AvgIpc) is 2.68. The lowest BCUT2D eigenvalue weighted by molar-refractivity contribution is -0.123. The van der Waals surface area contributed by atoms with Crippen molar-refractivity contribution in [2.75, 3.05) is 19.8 Å². The topological polar surface area (TPSA) is 80.6 Å². The first-order chi connectivity index (χ1) is 13.1. The minimum atomic E-state index is -0.276. The van der Waals surface area contributed by atoms with Crippen LogP contribution in [0, 0.1) is 11.3 Å². The molecule has 0 fully saturated rings. The molecular weight excluding hydrogens is 344 g/mol. The molecule has 1 unspecified atom stereocenters. The summed E-state index contributed by atoms with van der Waals surface area (Å²) >= 11 is 0. The normalized spacial score (nSPS) is 11.2. The van der Waals surface area contributed by atoms with E-state index in [1.807, 2.05) is 45.0 Å². The quantitative estimate of drug-likeness (QED) is 0.731. The molecule has 6 nitrogen and oxygen atoms in total. The summed E-state index contributed by atoms with van der Waals surface area (Å²) in [6.07, 6.45) is 0. The lowest BCUT2D eigenvalue weighted by atomic mass is 10.1. The Kier molecular flexibility index (Phi) is 7.50. The van der Waals surface area contributed by atoms with Crippen molar-refractivity contribution >= 4 is 5.91 Å². The van der Waals surface area contributed by atoms with Crippen LogP contribution in [0.4, 0.5) is 0 Å². The van der Waals surface area contributed by atoms with Gasteiger partial charge in [-0.3, -0.25) is 4.79 Å². The van der Waals surface area contributed by atoms with E-state index >= 15 is 0 Å². The number of para-hydroxylation sites is 1. The maximum absolute atomic E-state index is 12.2. The molecule has 0 aromatic heterocycles. The predicted molar refractivity (Wildman–Crippen MR) is 102 cm³/mol. The van der Waals surface area contributed by atoms with Crippen molar-refractivity contribution in [3.05, 3.63) is 53.6 Å². The zero-order chi connectivity index (χ0) is 19.6. The van der Waals surface area contributed by atoms with E-state index in [0.29, 0.717) is 36.0 Å². The molecule has 0 heterocycles. The molecule has 27 heavy (non-hydrogen) atoms. The third-order valence-corrected chi connectivity index (χ3v) is 3.81. The Balaban J connectivity index is 1.99. The van der Waals surface area contributed by atoms with Crippen molar-refractivity contribution in [1.29, 1.82) is 5.26 Å². The van der Waals surface area contributed by atoms with Crippen LogP contribution in [0.15, 0.2) is 42.5 Å². The fraction of sp³-hybridized carbons (Fsp3) is 0.333. The third-order valence-electron chi connectivity index (χ3n) is 3.81. The van der Waals surface area contributed by atoms with Crippen LogP contribution < -0.4 is 19.5 Å². The number of nitrogens with zero attached hydrogens (tertiary/aromatic N) is 1. The largest absolute Gasteiger partial charge is 0.490 e. The molecule has 0 aliphatic carbocycles. The van der Waals surface area contributed by atoms with Gasteiger partial charge in [0.25, 0.3) is 5.91 Å². The van der Waals surface area contributed by atoms with Gasteiger partial charge in [-0.05, 0) is 50.6 Å². The number of carbonyl (C=O) groups is 1. The van der Waals surface area contributed by atoms with Crippen LogP contribution in [-0.2, 0) is 4.79 Å². The van der Waals surface area contributed by atoms with Crippen LogP contribution >= 0.6 is 0 Å². The Hall–Kier alpha value is -3.20. The number of nitriles is 1. The molecule has 1 atom stereocenters. The van der Waals surface area contributed by atoms with Crippen molar-refractivity contribution in [3.8, 4) is 23.3 Å². The second-order valence-corrected chi connectivity index (χ2v) is 5.76. The van der Waals surface area contributed by atoms with Crippen molar-refractivity contribution in [3.63, 3.8) is 0 Å². The van der Waals surface area contributed by atoms with E-state index in [9.17, 15) is 4.79 Å². The van der Waals surface area contributed by atoms with Crippen LogP contribution in [0.25, 0.3) is 0 Å². The highest BCUT2D eigenvalue weighted by molar-refractivity contribution is 5.78. The van der Waals surface area contributed by atoms with Gasteiger partial charge in [-0.25, -0.2) is 0 Å². The van der Waals surface area contributed by atoms with E-state index in [4.69, 9.17) is 19.5 Å². The molecule has 0 aliphatic heterocycles. The van der Waals surface area contributed by atoms with Gasteiger partial charge in [-0.1, -0.05) is 18.2 Å². The van der Waals surface area contributed by atoms with Gasteiger partial charge in [-0.2, -0.15) is 5.26 Å². The zero-order valence-corrected chi connectivity index (χ0v) is 15.8. The molecular formula is C21H24N2O4. The number of carbonyl (C=O) groups excluding carboxylic acids is 1. The zero-order valence-electron chi connectivity index (χ0n) is 15.8. The van der Waals surface area contributed by atoms with Crippen LogP contribution in [0.3, 0.4) is 0 Å². The molecule has 2 aromatic rings. The SMILES string of the molecule is CCOc1ccc(C(C)NC(=O)COc2ccccc2C#N)cc1OCC. The van der Waals surface area contributed by atoms with E-state index in [2.05, 4.69) is 5.32 Å². The summed E-state index contributed by atoms with van der Waals surface area (Å²) in [5.41, 5.74) is 1.29. The highest BCUT2D eigenvalue weighted by Crippen LogP contribution is 2.30. The second kappa shape index (κ2) is 10.1. The highest BCUT2D eigenvalue weighted by atomic mass is 16.5. The summed E-state index contributed by atoms with van der Waals surface area (Å²) in [4.78, 5) is 12.2. The van der Waals surface area contributed by atoms with Crippen molar-refractivity contribution in [2.45, 2.75) is 26.8 Å². The number of benzene rings is 2. The molecule has 1 N–H and O–H groups in total. The number of ether oxygens (including phenoxy) is 3. The molecule has 0 saturated heterocycles. The van der Waals surface area contributed by atoms with Gasteiger partial charge in [-0.15, -0.1) is 0 Å². The van der Waals surface area contributed by atoms with E-state index in [1.165, 1.54) is 0 Å². The Labute approximate surface area is 159 Å². The molecule has 2 rings (SSSR count). The van der Waals surface area contributed by atoms with Crippen LogP contribution in [0.1, 0.15) is 37.9 Å². The number of nitrogens with one attached hydrogen (secondary N) is 1. The lowest BCUT2D eigenvalue weighted by Crippen LogP contribution is -2.31. The third kappa shape index (κ3) is 5.65. The van der Waals surface area contributed by atoms with Crippen molar-refractivity contribution in [2.24, 2.45) is 0 Å². The maximum atomic E-state index is 12.2. The van der Waals surface area contributed by atoms with Crippen molar-refractivity contribution < 1.29 is 19.0 Å². The summed E-state index contributed by atoms with van der Waals surface area (Å²) in [5, 5.41) is 11.9. The van der Waals surface area contributed by atoms with Crippen LogP contribution in [0.5, 0.6) is 17.2 Å². The summed E-state index contributed by atoms with van der Waals surface area (Å²) in [5.74, 6) is 1.44. The first-order valence-electron chi connectivity index (χ1n) is 8.89. The number of hydrogen-bond donors (Lipinski definition) is 1. The Morgan fingerprint density at radius 3 is 2.44 bits per heavy atom. The second-order valence-electron chi connectivity index (χ2n) is 5.76. The summed E-state index contributed by atoms with van der Waals surface area (Å²) in [7, 11) is 0. The summed E-state index contributed by atoms with van der Waals surface area (Å²) in [6.45, 7) is 6.61. The lowest BCUT2D eigenvalue weighted by Gasteiger charge is -2.18. The Morgan fingerprint density at radius 1 is 1.04 bits per heavy atom. The molecule has 0 radical (unpaired) electrons. The molecule has 0 bridgehead atoms. The first kappa shape index (κ1) is 20.1. The van der Waals surface area contributed by atoms with Crippen LogP contribution in [0.2, 0.25) is 0 Å². The fourth-order valence-corrected chi connectivity index (χ4v) is 2.53. The monoisotopic (exact) mass is 368 g/mol. The molecule has 142 valence electrons. The summed E-state index contributed by atoms with van der Waals surface area (Å²) < 4.78 is 16.6. The molecule has 2 aromatic carbocycles. The Morgan fingerprint density at radius 2 is 1.74 bits per heavy atom. The maximum Gasteiger partial charge on any atom is 0.258 e. The van der Waals surface area contributed by atoms with Gasteiger partial charge in [0.2, 0.25) is 0 Å². The molecule has 0 aliphatic rings. The summed E-state index contributed by atoms with van der Waals surface area (Å²) in [6, 6.07) is 14.2.